The number of hydrogen-bond acceptors (Lipinski definition) is 6. The third kappa shape index (κ3) is 5.01. The molecule has 0 aliphatic carbocycles. The first-order valence-corrected chi connectivity index (χ1v) is 10.7. The highest BCUT2D eigenvalue weighted by Gasteiger charge is 2.16. The number of benzene rings is 2. The number of azo groups is 1. The largest absolute Gasteiger partial charge is 0.299 e. The van der Waals surface area contributed by atoms with Gasteiger partial charge in [-0.2, -0.15) is 0 Å². The lowest BCUT2D eigenvalue weighted by Gasteiger charge is -2.07. The molecule has 166 valence electrons. The standard InChI is InChI=1S/C23H19FN6O2S/c1-15-21(22(32)30(29(15)2)18-6-4-3-5-7-18)28-27-20-14-25-23(33-20)26-19(31)13-10-16-8-11-17(24)12-9-16/h3-14H,1-2H3,(H,25,26,31). The summed E-state index contributed by atoms with van der Waals surface area (Å²) in [6, 6.07) is 15.0. The molecule has 33 heavy (non-hydrogen) atoms. The average Bonchev–Trinajstić information content (AvgIpc) is 3.34. The maximum atomic E-state index is 12.9. The predicted molar refractivity (Wildman–Crippen MR) is 126 cm³/mol. The van der Waals surface area contributed by atoms with Crippen molar-refractivity contribution >= 4 is 39.1 Å². The zero-order valence-electron chi connectivity index (χ0n) is 17.8. The van der Waals surface area contributed by atoms with E-state index in [2.05, 4.69) is 20.5 Å². The smallest absolute Gasteiger partial charge is 0.298 e. The molecule has 0 radical (unpaired) electrons. The number of halogens is 1. The molecule has 8 nitrogen and oxygen atoms in total. The molecule has 1 amide bonds. The summed E-state index contributed by atoms with van der Waals surface area (Å²) in [6.45, 7) is 1.79. The third-order valence-electron chi connectivity index (χ3n) is 4.79. The van der Waals surface area contributed by atoms with E-state index in [4.69, 9.17) is 0 Å². The molecule has 4 rings (SSSR count). The van der Waals surface area contributed by atoms with Gasteiger partial charge in [0.05, 0.1) is 17.6 Å². The van der Waals surface area contributed by atoms with E-state index in [1.54, 1.807) is 36.9 Å². The zero-order chi connectivity index (χ0) is 23.4. The fraction of sp³-hybridized carbons (Fsp3) is 0.0870. The van der Waals surface area contributed by atoms with Gasteiger partial charge in [0.2, 0.25) is 5.91 Å². The lowest BCUT2D eigenvalue weighted by atomic mass is 10.2. The molecule has 0 saturated carbocycles. The van der Waals surface area contributed by atoms with E-state index in [1.807, 2.05) is 30.3 Å². The second kappa shape index (κ2) is 9.53. The second-order valence-corrected chi connectivity index (χ2v) is 8.00. The van der Waals surface area contributed by atoms with Crippen LogP contribution >= 0.6 is 11.3 Å². The number of aromatic nitrogens is 3. The fourth-order valence-electron chi connectivity index (χ4n) is 3.03. The van der Waals surface area contributed by atoms with Crippen molar-refractivity contribution in [2.24, 2.45) is 17.3 Å². The maximum Gasteiger partial charge on any atom is 0.299 e. The molecule has 2 heterocycles. The Morgan fingerprint density at radius 2 is 1.85 bits per heavy atom. The number of carbonyl (C=O) groups excluding carboxylic acids is 1. The maximum absolute atomic E-state index is 12.9. The molecule has 0 fully saturated rings. The number of hydrogen-bond donors (Lipinski definition) is 1. The summed E-state index contributed by atoms with van der Waals surface area (Å²) in [7, 11) is 1.78. The highest BCUT2D eigenvalue weighted by atomic mass is 32.1. The molecule has 1 N–H and O–H groups in total. The highest BCUT2D eigenvalue weighted by Crippen LogP contribution is 2.28. The summed E-state index contributed by atoms with van der Waals surface area (Å²) in [4.78, 5) is 29.1. The van der Waals surface area contributed by atoms with E-state index >= 15 is 0 Å². The van der Waals surface area contributed by atoms with Gasteiger partial charge in [0.15, 0.2) is 15.8 Å². The van der Waals surface area contributed by atoms with Crippen LogP contribution in [0, 0.1) is 12.7 Å². The molecule has 0 aliphatic heterocycles. The Morgan fingerprint density at radius 3 is 2.58 bits per heavy atom. The van der Waals surface area contributed by atoms with Crippen LogP contribution in [0.25, 0.3) is 11.8 Å². The van der Waals surface area contributed by atoms with Crippen LogP contribution in [-0.4, -0.2) is 20.3 Å². The minimum Gasteiger partial charge on any atom is -0.298 e. The van der Waals surface area contributed by atoms with E-state index in [9.17, 15) is 14.0 Å². The van der Waals surface area contributed by atoms with Crippen molar-refractivity contribution in [3.63, 3.8) is 0 Å². The Bertz CT molecular complexity index is 1400. The SMILES string of the molecule is Cc1c(N=Nc2cnc(NC(=O)C=Cc3ccc(F)cc3)s2)c(=O)n(-c2ccccc2)n1C. The number of carbonyl (C=O) groups is 1. The fourth-order valence-corrected chi connectivity index (χ4v) is 3.67. The Hall–Kier alpha value is -4.18. The summed E-state index contributed by atoms with van der Waals surface area (Å²) in [5.74, 6) is -0.729. The monoisotopic (exact) mass is 462 g/mol. The van der Waals surface area contributed by atoms with Gasteiger partial charge in [-0.1, -0.05) is 41.7 Å². The van der Waals surface area contributed by atoms with Crippen LogP contribution in [0.2, 0.25) is 0 Å². The molecule has 0 saturated heterocycles. The number of anilines is 1. The summed E-state index contributed by atoms with van der Waals surface area (Å²) in [6.07, 6.45) is 4.36. The first kappa shape index (κ1) is 22.0. The van der Waals surface area contributed by atoms with Crippen LogP contribution in [0.15, 0.2) is 81.9 Å². The van der Waals surface area contributed by atoms with Gasteiger partial charge in [-0.15, -0.1) is 10.2 Å². The van der Waals surface area contributed by atoms with Gasteiger partial charge in [-0.3, -0.25) is 19.6 Å². The molecule has 2 aromatic heterocycles. The highest BCUT2D eigenvalue weighted by molar-refractivity contribution is 7.19. The number of para-hydroxylation sites is 1. The lowest BCUT2D eigenvalue weighted by molar-refractivity contribution is -0.111. The Kier molecular flexibility index (Phi) is 6.36. The normalized spacial score (nSPS) is 11.5. The minimum atomic E-state index is -0.387. The molecule has 0 bridgehead atoms. The summed E-state index contributed by atoms with van der Waals surface area (Å²) >= 11 is 1.12. The zero-order valence-corrected chi connectivity index (χ0v) is 18.6. The quantitative estimate of drug-likeness (QED) is 0.317. The van der Waals surface area contributed by atoms with Gasteiger partial charge in [-0.25, -0.2) is 14.1 Å². The van der Waals surface area contributed by atoms with Gasteiger partial charge in [0.1, 0.15) is 5.82 Å². The number of nitrogens with one attached hydrogen (secondary N) is 1. The number of nitrogens with zero attached hydrogens (tertiary/aromatic N) is 5. The van der Waals surface area contributed by atoms with Crippen LogP contribution < -0.4 is 10.9 Å². The van der Waals surface area contributed by atoms with Crippen LogP contribution in [0.5, 0.6) is 0 Å². The van der Waals surface area contributed by atoms with Crippen molar-refractivity contribution in [1.82, 2.24) is 14.3 Å². The van der Waals surface area contributed by atoms with Crippen molar-refractivity contribution in [3.05, 3.63) is 94.3 Å². The van der Waals surface area contributed by atoms with E-state index < -0.39 is 0 Å². The van der Waals surface area contributed by atoms with Crippen molar-refractivity contribution in [2.45, 2.75) is 6.92 Å². The van der Waals surface area contributed by atoms with Gasteiger partial charge in [-0.05, 0) is 42.8 Å². The van der Waals surface area contributed by atoms with Gasteiger partial charge < -0.3 is 0 Å². The van der Waals surface area contributed by atoms with Crippen LogP contribution in [-0.2, 0) is 11.8 Å². The molecule has 0 atom stereocenters. The average molecular weight is 463 g/mol. The van der Waals surface area contributed by atoms with Gasteiger partial charge in [0, 0.05) is 13.1 Å². The second-order valence-electron chi connectivity index (χ2n) is 6.99. The van der Waals surface area contributed by atoms with E-state index in [0.29, 0.717) is 21.4 Å². The lowest BCUT2D eigenvalue weighted by Crippen LogP contribution is -2.19. The third-order valence-corrected chi connectivity index (χ3v) is 5.59. The van der Waals surface area contributed by atoms with Gasteiger partial charge >= 0.3 is 0 Å². The van der Waals surface area contributed by atoms with Crippen LogP contribution in [0.4, 0.5) is 20.2 Å². The number of amides is 1. The van der Waals surface area contributed by atoms with Crippen molar-refractivity contribution in [3.8, 4) is 5.69 Å². The van der Waals surface area contributed by atoms with E-state index in [1.165, 1.54) is 29.1 Å². The molecule has 0 aliphatic rings. The number of rotatable bonds is 6. The molecule has 10 heteroatoms. The van der Waals surface area contributed by atoms with Crippen LogP contribution in [0.3, 0.4) is 0 Å². The summed E-state index contributed by atoms with van der Waals surface area (Å²) in [5.41, 5.74) is 2.03. The Morgan fingerprint density at radius 1 is 1.12 bits per heavy atom. The Labute approximate surface area is 192 Å². The molecule has 0 unspecified atom stereocenters. The van der Waals surface area contributed by atoms with E-state index in [-0.39, 0.29) is 23.0 Å². The first-order valence-electron chi connectivity index (χ1n) is 9.88. The summed E-state index contributed by atoms with van der Waals surface area (Å²) < 4.78 is 16.2. The summed E-state index contributed by atoms with van der Waals surface area (Å²) in [5, 5.41) is 11.7. The topological polar surface area (TPSA) is 93.6 Å². The number of thiazole rings is 1. The molecular formula is C23H19FN6O2S. The van der Waals surface area contributed by atoms with E-state index in [0.717, 1.165) is 17.0 Å². The van der Waals surface area contributed by atoms with Crippen molar-refractivity contribution < 1.29 is 9.18 Å². The molecule has 0 spiro atoms. The van der Waals surface area contributed by atoms with Crippen molar-refractivity contribution in [2.75, 3.05) is 5.32 Å². The molecular weight excluding hydrogens is 443 g/mol. The van der Waals surface area contributed by atoms with Crippen molar-refractivity contribution in [1.29, 1.82) is 0 Å². The molecule has 4 aromatic rings. The Balaban J connectivity index is 1.47. The minimum absolute atomic E-state index is 0.225. The van der Waals surface area contributed by atoms with Gasteiger partial charge in [0.25, 0.3) is 5.56 Å². The predicted octanol–water partition coefficient (Wildman–Crippen LogP) is 5.15. The first-order chi connectivity index (χ1) is 15.9. The molecule has 2 aromatic carbocycles. The van der Waals surface area contributed by atoms with Crippen LogP contribution in [0.1, 0.15) is 11.3 Å².